The molecule has 1 N–H and O–H groups in total. The molecule has 2 aliphatic rings. The molecule has 1 amide bonds. The van der Waals surface area contributed by atoms with E-state index < -0.39 is 23.1 Å². The van der Waals surface area contributed by atoms with Gasteiger partial charge in [-0.05, 0) is 24.6 Å². The zero-order valence-corrected chi connectivity index (χ0v) is 12.3. The molecular weight excluding hydrogens is 289 g/mol. The van der Waals surface area contributed by atoms with Crippen molar-refractivity contribution in [1.82, 2.24) is 4.90 Å². The van der Waals surface area contributed by atoms with E-state index >= 15 is 0 Å². The van der Waals surface area contributed by atoms with Gasteiger partial charge in [0, 0.05) is 19.0 Å². The molecule has 1 aromatic rings. The van der Waals surface area contributed by atoms with E-state index in [0.717, 1.165) is 0 Å². The summed E-state index contributed by atoms with van der Waals surface area (Å²) in [5.74, 6) is -2.54. The Hall–Kier alpha value is -1.95. The number of hydrogen-bond donors (Lipinski definition) is 1. The second kappa shape index (κ2) is 5.35. The number of aliphatic carboxylic acids is 1. The molecule has 6 heteroatoms. The van der Waals surface area contributed by atoms with Crippen molar-refractivity contribution in [1.29, 1.82) is 0 Å². The van der Waals surface area contributed by atoms with Crippen LogP contribution < -0.4 is 0 Å². The predicted octanol–water partition coefficient (Wildman–Crippen LogP) is 1.49. The van der Waals surface area contributed by atoms with Gasteiger partial charge in [0.15, 0.2) is 0 Å². The highest BCUT2D eigenvalue weighted by atomic mass is 19.1. The molecule has 2 fully saturated rings. The van der Waals surface area contributed by atoms with Gasteiger partial charge >= 0.3 is 5.97 Å². The average molecular weight is 307 g/mol. The van der Waals surface area contributed by atoms with Gasteiger partial charge < -0.3 is 14.7 Å². The van der Waals surface area contributed by atoms with Crippen LogP contribution in [-0.4, -0.2) is 48.2 Å². The van der Waals surface area contributed by atoms with Crippen LogP contribution in [0.4, 0.5) is 4.39 Å². The van der Waals surface area contributed by atoms with Crippen molar-refractivity contribution < 1.29 is 23.8 Å². The Bertz CT molecular complexity index is 614. The molecule has 22 heavy (non-hydrogen) atoms. The van der Waals surface area contributed by atoms with E-state index in [2.05, 4.69) is 0 Å². The lowest BCUT2D eigenvalue weighted by molar-refractivity contribution is -0.167. The Morgan fingerprint density at radius 1 is 1.36 bits per heavy atom. The average Bonchev–Trinajstić information content (AvgIpc) is 2.89. The van der Waals surface area contributed by atoms with Crippen LogP contribution in [0.25, 0.3) is 0 Å². The maximum Gasteiger partial charge on any atom is 0.308 e. The highest BCUT2D eigenvalue weighted by Crippen LogP contribution is 2.37. The Morgan fingerprint density at radius 2 is 2.09 bits per heavy atom. The number of rotatable bonds is 3. The maximum absolute atomic E-state index is 13.4. The number of ether oxygens (including phenoxy) is 1. The molecule has 2 saturated heterocycles. The summed E-state index contributed by atoms with van der Waals surface area (Å²) in [7, 11) is 0. The number of benzene rings is 1. The lowest BCUT2D eigenvalue weighted by atomic mass is 9.87. The van der Waals surface area contributed by atoms with Gasteiger partial charge in [0.25, 0.3) is 0 Å². The number of amides is 1. The van der Waals surface area contributed by atoms with Crippen LogP contribution in [0, 0.1) is 17.2 Å². The van der Waals surface area contributed by atoms with Crippen molar-refractivity contribution >= 4 is 11.9 Å². The first kappa shape index (κ1) is 15.0. The third kappa shape index (κ3) is 2.47. The number of nitrogens with zero attached hydrogens (tertiary/aromatic N) is 1. The van der Waals surface area contributed by atoms with Crippen LogP contribution in [0.15, 0.2) is 24.3 Å². The van der Waals surface area contributed by atoms with Gasteiger partial charge in [0.05, 0.1) is 24.5 Å². The third-order valence-electron chi connectivity index (χ3n) is 4.56. The fraction of sp³-hybridized carbons (Fsp3) is 0.500. The highest BCUT2D eigenvalue weighted by molar-refractivity contribution is 5.85. The minimum atomic E-state index is -0.959. The number of carboxylic acids is 1. The Kier molecular flexibility index (Phi) is 3.64. The largest absolute Gasteiger partial charge is 0.481 e. The van der Waals surface area contributed by atoms with E-state index in [1.165, 1.54) is 12.1 Å². The molecule has 2 aliphatic heterocycles. The first-order chi connectivity index (χ1) is 10.4. The molecule has 3 rings (SSSR count). The molecule has 0 aliphatic carbocycles. The summed E-state index contributed by atoms with van der Waals surface area (Å²) >= 11 is 0. The zero-order valence-electron chi connectivity index (χ0n) is 12.3. The summed E-state index contributed by atoms with van der Waals surface area (Å²) in [6.07, 6.45) is 0. The molecule has 118 valence electrons. The number of halogens is 1. The Balaban J connectivity index is 1.84. The molecule has 1 aromatic carbocycles. The summed E-state index contributed by atoms with van der Waals surface area (Å²) < 4.78 is 18.5. The fourth-order valence-corrected chi connectivity index (χ4v) is 3.21. The topological polar surface area (TPSA) is 66.8 Å². The molecule has 0 aromatic heterocycles. The lowest BCUT2D eigenvalue weighted by Crippen LogP contribution is -2.53. The van der Waals surface area contributed by atoms with E-state index in [1.54, 1.807) is 17.0 Å². The van der Waals surface area contributed by atoms with E-state index in [0.29, 0.717) is 25.3 Å². The van der Waals surface area contributed by atoms with Crippen molar-refractivity contribution in [3.05, 3.63) is 35.6 Å². The van der Waals surface area contributed by atoms with Crippen LogP contribution in [0.5, 0.6) is 0 Å². The quantitative estimate of drug-likeness (QED) is 0.919. The number of likely N-dealkylation sites (tertiary alicyclic amines) is 1. The smallest absolute Gasteiger partial charge is 0.308 e. The van der Waals surface area contributed by atoms with Gasteiger partial charge in [-0.3, -0.25) is 9.59 Å². The number of carbonyl (C=O) groups excluding carboxylic acids is 1. The van der Waals surface area contributed by atoms with Crippen LogP contribution >= 0.6 is 0 Å². The van der Waals surface area contributed by atoms with Gasteiger partial charge in [0.1, 0.15) is 5.82 Å². The van der Waals surface area contributed by atoms with Crippen LogP contribution in [0.3, 0.4) is 0 Å². The Labute approximate surface area is 127 Å². The molecular formula is C16H18FNO4. The molecule has 5 nitrogen and oxygen atoms in total. The molecule has 0 bridgehead atoms. The number of carbonyl (C=O) groups is 2. The molecule has 2 atom stereocenters. The van der Waals surface area contributed by atoms with E-state index in [4.69, 9.17) is 4.74 Å². The SMILES string of the molecule is CC1(C(=O)N2CC(C(=O)O)C(c3cccc(F)c3)C2)COC1. The van der Waals surface area contributed by atoms with Crippen LogP contribution in [0.2, 0.25) is 0 Å². The predicted molar refractivity (Wildman–Crippen MR) is 75.8 cm³/mol. The molecule has 0 spiro atoms. The highest BCUT2D eigenvalue weighted by Gasteiger charge is 2.48. The van der Waals surface area contributed by atoms with Gasteiger partial charge in [-0.15, -0.1) is 0 Å². The number of carboxylic acid groups (broad SMARTS) is 1. The fourth-order valence-electron chi connectivity index (χ4n) is 3.21. The third-order valence-corrected chi connectivity index (χ3v) is 4.56. The molecule has 2 heterocycles. The second-order valence-electron chi connectivity index (χ2n) is 6.37. The van der Waals surface area contributed by atoms with Crippen LogP contribution in [0.1, 0.15) is 18.4 Å². The van der Waals surface area contributed by atoms with Crippen molar-refractivity contribution in [2.75, 3.05) is 26.3 Å². The summed E-state index contributed by atoms with van der Waals surface area (Å²) in [6, 6.07) is 5.95. The summed E-state index contributed by atoms with van der Waals surface area (Å²) in [5, 5.41) is 9.43. The first-order valence-electron chi connectivity index (χ1n) is 7.26. The summed E-state index contributed by atoms with van der Waals surface area (Å²) in [5.41, 5.74) is 0.0672. The van der Waals surface area contributed by atoms with Crippen LogP contribution in [-0.2, 0) is 14.3 Å². The monoisotopic (exact) mass is 307 g/mol. The normalized spacial score (nSPS) is 26.5. The summed E-state index contributed by atoms with van der Waals surface area (Å²) in [4.78, 5) is 25.6. The molecule has 0 radical (unpaired) electrons. The molecule has 2 unspecified atom stereocenters. The van der Waals surface area contributed by atoms with Gasteiger partial charge in [-0.25, -0.2) is 4.39 Å². The van der Waals surface area contributed by atoms with Gasteiger partial charge in [-0.1, -0.05) is 12.1 Å². The Morgan fingerprint density at radius 3 is 2.64 bits per heavy atom. The first-order valence-corrected chi connectivity index (χ1v) is 7.26. The van der Waals surface area contributed by atoms with Crippen molar-refractivity contribution in [2.45, 2.75) is 12.8 Å². The minimum Gasteiger partial charge on any atom is -0.481 e. The zero-order chi connectivity index (χ0) is 15.9. The van der Waals surface area contributed by atoms with E-state index in [9.17, 15) is 19.1 Å². The number of hydrogen-bond acceptors (Lipinski definition) is 3. The van der Waals surface area contributed by atoms with Gasteiger partial charge in [0.2, 0.25) is 5.91 Å². The van der Waals surface area contributed by atoms with Crippen molar-refractivity contribution in [2.24, 2.45) is 11.3 Å². The van der Waals surface area contributed by atoms with E-state index in [-0.39, 0.29) is 18.4 Å². The maximum atomic E-state index is 13.4. The summed E-state index contributed by atoms with van der Waals surface area (Å²) in [6.45, 7) is 3.01. The minimum absolute atomic E-state index is 0.0797. The van der Waals surface area contributed by atoms with Crippen molar-refractivity contribution in [3.63, 3.8) is 0 Å². The standard InChI is InChI=1S/C16H18FNO4/c1-16(8-22-9-16)15(21)18-6-12(13(7-18)14(19)20)10-3-2-4-11(17)5-10/h2-5,12-13H,6-9H2,1H3,(H,19,20). The van der Waals surface area contributed by atoms with Crippen molar-refractivity contribution in [3.8, 4) is 0 Å². The van der Waals surface area contributed by atoms with E-state index in [1.807, 2.05) is 6.92 Å². The molecule has 0 saturated carbocycles. The lowest BCUT2D eigenvalue weighted by Gasteiger charge is -2.39. The van der Waals surface area contributed by atoms with Gasteiger partial charge in [-0.2, -0.15) is 0 Å². The second-order valence-corrected chi connectivity index (χ2v) is 6.37.